The standard InChI is InChI=1S/C18H23N3O3/c1-12-19-15-7-9-21(8-6-14(15)18(22)20-12)11-13-4-5-16(23-2)17(10-13)24-3/h4-5,10H,6-9,11H2,1-3H3,(H,19,20,22). The molecule has 0 atom stereocenters. The molecule has 0 saturated carbocycles. The molecule has 1 aliphatic rings. The van der Waals surface area contributed by atoms with Crippen molar-refractivity contribution in [1.29, 1.82) is 0 Å². The zero-order chi connectivity index (χ0) is 17.1. The van der Waals surface area contributed by atoms with Crippen molar-refractivity contribution in [2.24, 2.45) is 0 Å². The van der Waals surface area contributed by atoms with Gasteiger partial charge in [-0.25, -0.2) is 4.98 Å². The quantitative estimate of drug-likeness (QED) is 0.925. The minimum Gasteiger partial charge on any atom is -0.493 e. The van der Waals surface area contributed by atoms with Gasteiger partial charge in [0.15, 0.2) is 11.5 Å². The van der Waals surface area contributed by atoms with Crippen molar-refractivity contribution in [1.82, 2.24) is 14.9 Å². The molecule has 0 fully saturated rings. The average molecular weight is 329 g/mol. The van der Waals surface area contributed by atoms with Gasteiger partial charge in [0.1, 0.15) is 5.82 Å². The molecule has 2 heterocycles. The monoisotopic (exact) mass is 329 g/mol. The molecule has 1 aromatic carbocycles. The molecule has 128 valence electrons. The number of H-pyrrole nitrogens is 1. The van der Waals surface area contributed by atoms with Crippen LogP contribution in [0.4, 0.5) is 0 Å². The summed E-state index contributed by atoms with van der Waals surface area (Å²) in [5.41, 5.74) is 2.93. The van der Waals surface area contributed by atoms with Crippen LogP contribution in [-0.2, 0) is 19.4 Å². The molecule has 0 spiro atoms. The van der Waals surface area contributed by atoms with E-state index in [1.807, 2.05) is 19.1 Å². The Bertz CT molecular complexity index is 786. The zero-order valence-electron chi connectivity index (χ0n) is 14.4. The highest BCUT2D eigenvalue weighted by Gasteiger charge is 2.18. The highest BCUT2D eigenvalue weighted by Crippen LogP contribution is 2.28. The van der Waals surface area contributed by atoms with Crippen molar-refractivity contribution in [2.45, 2.75) is 26.3 Å². The topological polar surface area (TPSA) is 67.5 Å². The summed E-state index contributed by atoms with van der Waals surface area (Å²) in [5, 5.41) is 0. The molecule has 0 amide bonds. The fourth-order valence-corrected chi connectivity index (χ4v) is 3.17. The molecule has 0 radical (unpaired) electrons. The summed E-state index contributed by atoms with van der Waals surface area (Å²) in [7, 11) is 3.28. The Morgan fingerprint density at radius 2 is 1.92 bits per heavy atom. The highest BCUT2D eigenvalue weighted by molar-refractivity contribution is 5.42. The molecular weight excluding hydrogens is 306 g/mol. The van der Waals surface area contributed by atoms with Crippen LogP contribution in [0.15, 0.2) is 23.0 Å². The fourth-order valence-electron chi connectivity index (χ4n) is 3.17. The van der Waals surface area contributed by atoms with Gasteiger partial charge in [-0.3, -0.25) is 9.69 Å². The second-order valence-corrected chi connectivity index (χ2v) is 6.04. The van der Waals surface area contributed by atoms with Gasteiger partial charge in [0.05, 0.1) is 19.9 Å². The molecule has 1 N–H and O–H groups in total. The van der Waals surface area contributed by atoms with E-state index < -0.39 is 0 Å². The first-order valence-corrected chi connectivity index (χ1v) is 8.12. The largest absolute Gasteiger partial charge is 0.493 e. The van der Waals surface area contributed by atoms with Crippen LogP contribution in [0.1, 0.15) is 22.6 Å². The van der Waals surface area contributed by atoms with Crippen LogP contribution in [0.5, 0.6) is 11.5 Å². The minimum absolute atomic E-state index is 0.00506. The Balaban J connectivity index is 1.74. The van der Waals surface area contributed by atoms with Crippen molar-refractivity contribution >= 4 is 0 Å². The molecular formula is C18H23N3O3. The van der Waals surface area contributed by atoms with E-state index in [0.29, 0.717) is 5.82 Å². The molecule has 0 bridgehead atoms. The number of benzene rings is 1. The van der Waals surface area contributed by atoms with Crippen LogP contribution in [-0.4, -0.2) is 42.2 Å². The third-order valence-corrected chi connectivity index (χ3v) is 4.42. The number of rotatable bonds is 4. The number of hydrogen-bond acceptors (Lipinski definition) is 5. The Kier molecular flexibility index (Phi) is 4.85. The first-order chi connectivity index (χ1) is 11.6. The Morgan fingerprint density at radius 3 is 2.67 bits per heavy atom. The van der Waals surface area contributed by atoms with Gasteiger partial charge in [-0.15, -0.1) is 0 Å². The van der Waals surface area contributed by atoms with E-state index in [2.05, 4.69) is 20.9 Å². The lowest BCUT2D eigenvalue weighted by Gasteiger charge is -2.20. The van der Waals surface area contributed by atoms with E-state index in [4.69, 9.17) is 9.47 Å². The molecule has 2 aromatic rings. The number of aromatic nitrogens is 2. The van der Waals surface area contributed by atoms with Crippen molar-refractivity contribution in [2.75, 3.05) is 27.3 Å². The van der Waals surface area contributed by atoms with Gasteiger partial charge in [0.2, 0.25) is 0 Å². The van der Waals surface area contributed by atoms with Crippen molar-refractivity contribution in [3.63, 3.8) is 0 Å². The van der Waals surface area contributed by atoms with Crippen LogP contribution in [0, 0.1) is 6.92 Å². The fraction of sp³-hybridized carbons (Fsp3) is 0.444. The number of nitrogens with zero attached hydrogens (tertiary/aromatic N) is 2. The summed E-state index contributed by atoms with van der Waals surface area (Å²) >= 11 is 0. The van der Waals surface area contributed by atoms with Crippen molar-refractivity contribution in [3.05, 3.63) is 51.2 Å². The number of aryl methyl sites for hydroxylation is 1. The van der Waals surface area contributed by atoms with E-state index in [-0.39, 0.29) is 5.56 Å². The number of nitrogens with one attached hydrogen (secondary N) is 1. The third-order valence-electron chi connectivity index (χ3n) is 4.42. The summed E-state index contributed by atoms with van der Waals surface area (Å²) in [4.78, 5) is 21.8. The van der Waals surface area contributed by atoms with Gasteiger partial charge in [0.25, 0.3) is 5.56 Å². The second-order valence-electron chi connectivity index (χ2n) is 6.04. The summed E-state index contributed by atoms with van der Waals surface area (Å²) in [6.45, 7) is 4.37. The SMILES string of the molecule is COc1ccc(CN2CCc3nc(C)[nH]c(=O)c3CC2)cc1OC. The smallest absolute Gasteiger partial charge is 0.254 e. The minimum atomic E-state index is 0.00506. The Morgan fingerprint density at radius 1 is 1.17 bits per heavy atom. The number of hydrogen-bond donors (Lipinski definition) is 1. The van der Waals surface area contributed by atoms with Gasteiger partial charge in [-0.1, -0.05) is 6.07 Å². The Hall–Kier alpha value is -2.34. The molecule has 3 rings (SSSR count). The van der Waals surface area contributed by atoms with E-state index in [1.54, 1.807) is 14.2 Å². The van der Waals surface area contributed by atoms with E-state index >= 15 is 0 Å². The molecule has 6 nitrogen and oxygen atoms in total. The van der Waals surface area contributed by atoms with Crippen LogP contribution in [0.25, 0.3) is 0 Å². The molecule has 0 unspecified atom stereocenters. The molecule has 1 aromatic heterocycles. The summed E-state index contributed by atoms with van der Waals surface area (Å²) in [6, 6.07) is 5.98. The maximum Gasteiger partial charge on any atom is 0.254 e. The zero-order valence-corrected chi connectivity index (χ0v) is 14.4. The summed E-state index contributed by atoms with van der Waals surface area (Å²) in [5.74, 6) is 2.16. The van der Waals surface area contributed by atoms with Gasteiger partial charge >= 0.3 is 0 Å². The maximum absolute atomic E-state index is 12.1. The average Bonchev–Trinajstić information content (AvgIpc) is 2.77. The molecule has 1 aliphatic heterocycles. The van der Waals surface area contributed by atoms with Gasteiger partial charge in [0, 0.05) is 31.6 Å². The maximum atomic E-state index is 12.1. The summed E-state index contributed by atoms with van der Waals surface area (Å²) in [6.07, 6.45) is 1.53. The van der Waals surface area contributed by atoms with Crippen molar-refractivity contribution < 1.29 is 9.47 Å². The number of methoxy groups -OCH3 is 2. The molecule has 6 heteroatoms. The van der Waals surface area contributed by atoms with Gasteiger partial charge < -0.3 is 14.5 Å². The Labute approximate surface area is 141 Å². The molecule has 24 heavy (non-hydrogen) atoms. The normalized spacial score (nSPS) is 14.8. The van der Waals surface area contributed by atoms with Crippen LogP contribution >= 0.6 is 0 Å². The van der Waals surface area contributed by atoms with Gasteiger partial charge in [-0.05, 0) is 31.0 Å². The predicted molar refractivity (Wildman–Crippen MR) is 91.8 cm³/mol. The van der Waals surface area contributed by atoms with E-state index in [0.717, 1.165) is 60.8 Å². The first kappa shape index (κ1) is 16.5. The van der Waals surface area contributed by atoms with Crippen LogP contribution < -0.4 is 15.0 Å². The van der Waals surface area contributed by atoms with Crippen LogP contribution in [0.2, 0.25) is 0 Å². The third kappa shape index (κ3) is 3.43. The predicted octanol–water partition coefficient (Wildman–Crippen LogP) is 1.70. The lowest BCUT2D eigenvalue weighted by atomic mass is 10.1. The molecule has 0 aliphatic carbocycles. The van der Waals surface area contributed by atoms with Gasteiger partial charge in [-0.2, -0.15) is 0 Å². The van der Waals surface area contributed by atoms with Crippen molar-refractivity contribution in [3.8, 4) is 11.5 Å². The second kappa shape index (κ2) is 7.05. The van der Waals surface area contributed by atoms with Crippen LogP contribution in [0.3, 0.4) is 0 Å². The number of fused-ring (bicyclic) bond motifs is 1. The summed E-state index contributed by atoms with van der Waals surface area (Å²) < 4.78 is 10.7. The highest BCUT2D eigenvalue weighted by atomic mass is 16.5. The number of ether oxygens (including phenoxy) is 2. The lowest BCUT2D eigenvalue weighted by Crippen LogP contribution is -2.26. The van der Waals surface area contributed by atoms with E-state index in [1.165, 1.54) is 0 Å². The lowest BCUT2D eigenvalue weighted by molar-refractivity contribution is 0.278. The van der Waals surface area contributed by atoms with E-state index in [9.17, 15) is 4.79 Å². The molecule has 0 saturated heterocycles. The first-order valence-electron chi connectivity index (χ1n) is 8.12. The number of aromatic amines is 1.